The van der Waals surface area contributed by atoms with Gasteiger partial charge in [-0.15, -0.1) is 0 Å². The summed E-state index contributed by atoms with van der Waals surface area (Å²) in [5, 5.41) is 4.69. The Kier molecular flexibility index (Phi) is 8.87. The van der Waals surface area contributed by atoms with Gasteiger partial charge in [0.2, 0.25) is 0 Å². The Labute approximate surface area is 202 Å². The number of piperidine rings is 1. The summed E-state index contributed by atoms with van der Waals surface area (Å²) in [6, 6.07) is 8.10. The van der Waals surface area contributed by atoms with Gasteiger partial charge in [0, 0.05) is 48.4 Å². The maximum atomic E-state index is 12.5. The lowest BCUT2D eigenvalue weighted by molar-refractivity contribution is 0.158. The van der Waals surface area contributed by atoms with E-state index in [-0.39, 0.29) is 12.1 Å². The Hall–Kier alpha value is -1.83. The molecule has 7 heteroatoms. The Morgan fingerprint density at radius 3 is 2.45 bits per heavy atom. The molecule has 1 aromatic heterocycles. The van der Waals surface area contributed by atoms with Crippen LogP contribution in [0.25, 0.3) is 10.1 Å². The number of fused-ring (bicyclic) bond motifs is 1. The molecule has 2 aliphatic rings. The lowest BCUT2D eigenvalue weighted by atomic mass is 10.1. The maximum Gasteiger partial charge on any atom is 0.413 e. The smallest absolute Gasteiger partial charge is 0.413 e. The molecule has 2 aliphatic heterocycles. The van der Waals surface area contributed by atoms with Crippen molar-refractivity contribution in [1.82, 2.24) is 15.1 Å². The van der Waals surface area contributed by atoms with Crippen LogP contribution in [0.1, 0.15) is 52.4 Å². The first-order valence-electron chi connectivity index (χ1n) is 12.7. The monoisotopic (exact) mass is 473 g/mol. The molecule has 0 bridgehead atoms. The van der Waals surface area contributed by atoms with E-state index in [1.807, 2.05) is 24.3 Å². The normalized spacial score (nSPS) is 19.0. The van der Waals surface area contributed by atoms with Gasteiger partial charge in [-0.3, -0.25) is 0 Å². The number of amides is 1. The van der Waals surface area contributed by atoms with E-state index >= 15 is 0 Å². The van der Waals surface area contributed by atoms with Gasteiger partial charge in [-0.1, -0.05) is 44.1 Å². The van der Waals surface area contributed by atoms with Crippen molar-refractivity contribution in [2.45, 2.75) is 58.4 Å². The van der Waals surface area contributed by atoms with Crippen LogP contribution in [0.3, 0.4) is 0 Å². The highest BCUT2D eigenvalue weighted by molar-refractivity contribution is 7.20. The number of rotatable bonds is 8. The van der Waals surface area contributed by atoms with Gasteiger partial charge in [0.1, 0.15) is 5.75 Å². The summed E-state index contributed by atoms with van der Waals surface area (Å²) in [7, 11) is 0. The standard InChI is InChI=1S/C26H39N3O3S/c1-20(2)19-31-23-8-7-9-24-22(23)18-25(33-24)32-26(30)27-21-10-14-29(15-11-21)17-16-28-12-5-3-4-6-13-28/h7-9,18,20-21H,3-6,10-17,19H2,1-2H3,(H,27,30). The number of hydrogen-bond donors (Lipinski definition) is 1. The van der Waals surface area contributed by atoms with E-state index in [2.05, 4.69) is 29.0 Å². The number of likely N-dealkylation sites (tertiary alicyclic amines) is 2. The predicted octanol–water partition coefficient (Wildman–Crippen LogP) is 5.36. The summed E-state index contributed by atoms with van der Waals surface area (Å²) in [5.74, 6) is 1.31. The molecule has 0 unspecified atom stereocenters. The number of benzene rings is 1. The van der Waals surface area contributed by atoms with Gasteiger partial charge in [-0.2, -0.15) is 0 Å². The largest absolute Gasteiger partial charge is 0.493 e. The van der Waals surface area contributed by atoms with Crippen molar-refractivity contribution in [1.29, 1.82) is 0 Å². The molecule has 6 nitrogen and oxygen atoms in total. The Morgan fingerprint density at radius 2 is 1.76 bits per heavy atom. The Morgan fingerprint density at radius 1 is 1.06 bits per heavy atom. The second-order valence-electron chi connectivity index (χ2n) is 9.84. The molecule has 1 amide bonds. The molecular weight excluding hydrogens is 434 g/mol. The summed E-state index contributed by atoms with van der Waals surface area (Å²) in [6.07, 6.45) is 7.08. The summed E-state index contributed by atoms with van der Waals surface area (Å²) >= 11 is 1.48. The van der Waals surface area contributed by atoms with Gasteiger partial charge in [-0.05, 0) is 56.8 Å². The molecule has 1 aromatic carbocycles. The summed E-state index contributed by atoms with van der Waals surface area (Å²) in [5.41, 5.74) is 0. The van der Waals surface area contributed by atoms with Gasteiger partial charge in [-0.25, -0.2) is 4.79 Å². The van der Waals surface area contributed by atoms with Crippen molar-refractivity contribution in [2.75, 3.05) is 45.9 Å². The van der Waals surface area contributed by atoms with E-state index in [9.17, 15) is 4.79 Å². The first-order valence-corrected chi connectivity index (χ1v) is 13.5. The molecule has 0 radical (unpaired) electrons. The highest BCUT2D eigenvalue weighted by Crippen LogP contribution is 2.37. The first-order chi connectivity index (χ1) is 16.1. The second kappa shape index (κ2) is 12.0. The third kappa shape index (κ3) is 7.33. The van der Waals surface area contributed by atoms with E-state index in [0.717, 1.165) is 48.3 Å². The maximum absolute atomic E-state index is 12.5. The molecular formula is C26H39N3O3S. The van der Waals surface area contributed by atoms with Crippen molar-refractivity contribution >= 4 is 27.5 Å². The quantitative estimate of drug-likeness (QED) is 0.559. The topological polar surface area (TPSA) is 54.0 Å². The molecule has 1 N–H and O–H groups in total. The Bertz CT molecular complexity index is 884. The molecule has 2 saturated heterocycles. The van der Waals surface area contributed by atoms with Gasteiger partial charge in [0.25, 0.3) is 0 Å². The third-order valence-electron chi connectivity index (χ3n) is 6.61. The molecule has 33 heavy (non-hydrogen) atoms. The fourth-order valence-corrected chi connectivity index (χ4v) is 5.60. The number of nitrogens with one attached hydrogen (secondary N) is 1. The summed E-state index contributed by atoms with van der Waals surface area (Å²) in [6.45, 7) is 11.8. The second-order valence-corrected chi connectivity index (χ2v) is 10.9. The van der Waals surface area contributed by atoms with Crippen molar-refractivity contribution in [3.05, 3.63) is 24.3 Å². The Balaban J connectivity index is 1.21. The highest BCUT2D eigenvalue weighted by Gasteiger charge is 2.22. The van der Waals surface area contributed by atoms with Crippen molar-refractivity contribution in [3.63, 3.8) is 0 Å². The number of nitrogens with zero attached hydrogens (tertiary/aromatic N) is 2. The van der Waals surface area contributed by atoms with E-state index in [1.54, 1.807) is 0 Å². The first kappa shape index (κ1) is 24.3. The molecule has 4 rings (SSSR count). The number of ether oxygens (including phenoxy) is 2. The zero-order valence-corrected chi connectivity index (χ0v) is 21.0. The van der Waals surface area contributed by atoms with Gasteiger partial charge in [0.15, 0.2) is 5.06 Å². The van der Waals surface area contributed by atoms with Gasteiger partial charge >= 0.3 is 6.09 Å². The lowest BCUT2D eigenvalue weighted by Crippen LogP contribution is -2.47. The minimum absolute atomic E-state index is 0.186. The fraction of sp³-hybridized carbons (Fsp3) is 0.654. The van der Waals surface area contributed by atoms with Crippen LogP contribution in [-0.4, -0.2) is 67.8 Å². The molecule has 0 atom stereocenters. The molecule has 3 heterocycles. The van der Waals surface area contributed by atoms with Crippen LogP contribution in [0.15, 0.2) is 24.3 Å². The predicted molar refractivity (Wildman–Crippen MR) is 136 cm³/mol. The van der Waals surface area contributed by atoms with Crippen LogP contribution in [0.2, 0.25) is 0 Å². The van der Waals surface area contributed by atoms with Crippen LogP contribution in [-0.2, 0) is 0 Å². The lowest BCUT2D eigenvalue weighted by Gasteiger charge is -2.33. The zero-order valence-electron chi connectivity index (χ0n) is 20.2. The molecule has 0 saturated carbocycles. The average molecular weight is 474 g/mol. The number of hydrogen-bond acceptors (Lipinski definition) is 6. The van der Waals surface area contributed by atoms with Crippen LogP contribution in [0, 0.1) is 5.92 Å². The highest BCUT2D eigenvalue weighted by atomic mass is 32.1. The van der Waals surface area contributed by atoms with Gasteiger partial charge < -0.3 is 24.6 Å². The molecule has 2 fully saturated rings. The number of thiophene rings is 1. The van der Waals surface area contributed by atoms with Crippen LogP contribution in [0.5, 0.6) is 10.8 Å². The number of carbonyl (C=O) groups is 1. The van der Waals surface area contributed by atoms with Crippen LogP contribution < -0.4 is 14.8 Å². The van der Waals surface area contributed by atoms with E-state index in [0.29, 0.717) is 17.6 Å². The van der Waals surface area contributed by atoms with Gasteiger partial charge in [0.05, 0.1) is 6.61 Å². The van der Waals surface area contributed by atoms with Crippen molar-refractivity contribution < 1.29 is 14.3 Å². The van der Waals surface area contributed by atoms with E-state index in [4.69, 9.17) is 9.47 Å². The van der Waals surface area contributed by atoms with E-state index < -0.39 is 0 Å². The summed E-state index contributed by atoms with van der Waals surface area (Å²) < 4.78 is 12.6. The third-order valence-corrected chi connectivity index (χ3v) is 7.58. The molecule has 182 valence electrons. The van der Waals surface area contributed by atoms with Crippen LogP contribution >= 0.6 is 11.3 Å². The molecule has 0 spiro atoms. The zero-order chi connectivity index (χ0) is 23.0. The molecule has 0 aliphatic carbocycles. The molecule has 2 aromatic rings. The average Bonchev–Trinajstić information content (AvgIpc) is 3.03. The minimum Gasteiger partial charge on any atom is -0.493 e. The number of carbonyl (C=O) groups excluding carboxylic acids is 1. The SMILES string of the molecule is CC(C)COc1cccc2sc(OC(=O)NC3CCN(CCN4CCCCCC4)CC3)cc12. The van der Waals surface area contributed by atoms with Crippen molar-refractivity contribution in [3.8, 4) is 10.8 Å². The fourth-order valence-electron chi connectivity index (χ4n) is 4.67. The van der Waals surface area contributed by atoms with Crippen molar-refractivity contribution in [2.24, 2.45) is 5.92 Å². The van der Waals surface area contributed by atoms with Crippen LogP contribution in [0.4, 0.5) is 4.79 Å². The van der Waals surface area contributed by atoms with E-state index in [1.165, 1.54) is 56.7 Å². The summed E-state index contributed by atoms with van der Waals surface area (Å²) in [4.78, 5) is 17.7. The minimum atomic E-state index is -0.353.